The van der Waals surface area contributed by atoms with Gasteiger partial charge in [-0.05, 0) is 36.6 Å². The van der Waals surface area contributed by atoms with Crippen molar-refractivity contribution >= 4 is 28.5 Å². The summed E-state index contributed by atoms with van der Waals surface area (Å²) in [4.78, 5) is 20.4. The Bertz CT molecular complexity index is 1140. The number of rotatable bonds is 6. The van der Waals surface area contributed by atoms with Crippen LogP contribution in [0, 0.1) is 17.8 Å². The fourth-order valence-corrected chi connectivity index (χ4v) is 3.92. The van der Waals surface area contributed by atoms with Crippen LogP contribution in [0.2, 0.25) is 0 Å². The SMILES string of the molecule is CNC(=O)Cc1ccc(N=C2NNC(C#CC3CC3)S2)c(-c2cc(C(F)F)ncc2OC)c1. The van der Waals surface area contributed by atoms with E-state index in [0.29, 0.717) is 39.2 Å². The van der Waals surface area contributed by atoms with Crippen molar-refractivity contribution in [3.05, 3.63) is 41.7 Å². The van der Waals surface area contributed by atoms with E-state index in [9.17, 15) is 13.6 Å². The molecule has 2 aromatic rings. The highest BCUT2D eigenvalue weighted by molar-refractivity contribution is 8.14. The van der Waals surface area contributed by atoms with Crippen molar-refractivity contribution in [2.45, 2.75) is 31.1 Å². The summed E-state index contributed by atoms with van der Waals surface area (Å²) in [5, 5.41) is 3.07. The van der Waals surface area contributed by atoms with Gasteiger partial charge in [-0.25, -0.2) is 19.2 Å². The number of hydrogen-bond acceptors (Lipinski definition) is 6. The fraction of sp³-hybridized carbons (Fsp3) is 0.348. The highest BCUT2D eigenvalue weighted by atomic mass is 32.2. The van der Waals surface area contributed by atoms with Crippen molar-refractivity contribution in [2.24, 2.45) is 10.9 Å². The summed E-state index contributed by atoms with van der Waals surface area (Å²) in [7, 11) is 3.01. The number of thioether (sulfide) groups is 1. The molecular formula is C23H23F2N5O2S. The largest absolute Gasteiger partial charge is 0.494 e. The molecule has 0 bridgehead atoms. The first-order valence-electron chi connectivity index (χ1n) is 10.4. The number of likely N-dealkylation sites (N-methyl/N-ethyl adjacent to an activating group) is 1. The minimum absolute atomic E-state index is 0.124. The predicted octanol–water partition coefficient (Wildman–Crippen LogP) is 3.55. The molecule has 1 amide bonds. The molecule has 2 heterocycles. The number of nitrogens with zero attached hydrogens (tertiary/aromatic N) is 2. The first kappa shape index (κ1) is 23.0. The molecule has 1 saturated heterocycles. The van der Waals surface area contributed by atoms with E-state index in [1.807, 2.05) is 0 Å². The summed E-state index contributed by atoms with van der Waals surface area (Å²) in [6, 6.07) is 6.61. The lowest BCUT2D eigenvalue weighted by molar-refractivity contribution is -0.119. The van der Waals surface area contributed by atoms with Crippen LogP contribution in [0.5, 0.6) is 5.75 Å². The summed E-state index contributed by atoms with van der Waals surface area (Å²) in [5.41, 5.74) is 7.96. The Labute approximate surface area is 194 Å². The molecule has 172 valence electrons. The zero-order valence-corrected chi connectivity index (χ0v) is 18.9. The minimum atomic E-state index is -2.74. The van der Waals surface area contributed by atoms with E-state index in [1.54, 1.807) is 25.2 Å². The van der Waals surface area contributed by atoms with Crippen molar-refractivity contribution < 1.29 is 18.3 Å². The molecule has 1 aromatic carbocycles. The Hall–Kier alpha value is -3.16. The third-order valence-electron chi connectivity index (χ3n) is 5.08. The van der Waals surface area contributed by atoms with Gasteiger partial charge in [-0.15, -0.1) is 0 Å². The molecule has 2 aliphatic rings. The number of halogens is 2. The van der Waals surface area contributed by atoms with Crippen LogP contribution in [0.4, 0.5) is 14.5 Å². The average molecular weight is 472 g/mol. The Morgan fingerprint density at radius 2 is 2.15 bits per heavy atom. The Morgan fingerprint density at radius 1 is 1.33 bits per heavy atom. The van der Waals surface area contributed by atoms with E-state index in [4.69, 9.17) is 9.73 Å². The van der Waals surface area contributed by atoms with Gasteiger partial charge in [-0.2, -0.15) is 0 Å². The van der Waals surface area contributed by atoms with E-state index >= 15 is 0 Å². The van der Waals surface area contributed by atoms with Crippen LogP contribution < -0.4 is 20.9 Å². The summed E-state index contributed by atoms with van der Waals surface area (Å²) < 4.78 is 32.2. The van der Waals surface area contributed by atoms with Crippen LogP contribution in [0.25, 0.3) is 11.1 Å². The topological polar surface area (TPSA) is 87.6 Å². The van der Waals surface area contributed by atoms with Crippen LogP contribution >= 0.6 is 11.8 Å². The quantitative estimate of drug-likeness (QED) is 0.559. The lowest BCUT2D eigenvalue weighted by atomic mass is 9.99. The second-order valence-electron chi connectivity index (χ2n) is 7.56. The van der Waals surface area contributed by atoms with Gasteiger partial charge in [0.05, 0.1) is 25.4 Å². The predicted molar refractivity (Wildman–Crippen MR) is 124 cm³/mol. The first-order valence-corrected chi connectivity index (χ1v) is 11.3. The number of methoxy groups -OCH3 is 1. The van der Waals surface area contributed by atoms with Crippen molar-refractivity contribution in [3.8, 4) is 28.7 Å². The normalized spacial score (nSPS) is 18.6. The second kappa shape index (κ2) is 10.2. The number of aliphatic imine (C=N–C) groups is 1. The molecule has 3 N–H and O–H groups in total. The molecule has 1 aliphatic carbocycles. The molecule has 4 rings (SSSR count). The number of hydrazine groups is 1. The van der Waals surface area contributed by atoms with E-state index in [-0.39, 0.29) is 23.4 Å². The number of benzene rings is 1. The van der Waals surface area contributed by atoms with Gasteiger partial charge in [0.2, 0.25) is 5.91 Å². The second-order valence-corrected chi connectivity index (χ2v) is 8.65. The number of alkyl halides is 2. The van der Waals surface area contributed by atoms with Crippen LogP contribution in [-0.2, 0) is 11.2 Å². The number of ether oxygens (including phenoxy) is 1. The number of pyridine rings is 1. The van der Waals surface area contributed by atoms with Crippen molar-refractivity contribution in [2.75, 3.05) is 14.2 Å². The lowest BCUT2D eigenvalue weighted by Gasteiger charge is -2.14. The number of hydrogen-bond donors (Lipinski definition) is 3. The fourth-order valence-electron chi connectivity index (χ4n) is 3.18. The van der Waals surface area contributed by atoms with E-state index in [0.717, 1.165) is 12.8 Å². The Balaban J connectivity index is 1.73. The van der Waals surface area contributed by atoms with Gasteiger partial charge in [0, 0.05) is 24.1 Å². The standard InChI is InChI=1S/C23H23F2N5O2S/c1-26-20(31)10-14-5-7-17(28-23-30-29-21(33-23)8-6-13-3-4-13)15(9-14)16-11-18(22(24)25)27-12-19(16)32-2/h5,7,9,11-13,21-22,29H,3-4,10H2,1-2H3,(H,26,31)(H,28,30). The zero-order chi connectivity index (χ0) is 23.4. The molecule has 7 nitrogen and oxygen atoms in total. The number of carbonyl (C=O) groups excluding carboxylic acids is 1. The van der Waals surface area contributed by atoms with Crippen molar-refractivity contribution in [3.63, 3.8) is 0 Å². The monoisotopic (exact) mass is 471 g/mol. The zero-order valence-electron chi connectivity index (χ0n) is 18.1. The average Bonchev–Trinajstić information content (AvgIpc) is 3.55. The molecule has 33 heavy (non-hydrogen) atoms. The van der Waals surface area contributed by atoms with Crippen LogP contribution in [-0.4, -0.2) is 35.6 Å². The molecule has 1 aliphatic heterocycles. The summed E-state index contributed by atoms with van der Waals surface area (Å²) in [6.45, 7) is 0. The van der Waals surface area contributed by atoms with Gasteiger partial charge in [0.25, 0.3) is 6.43 Å². The van der Waals surface area contributed by atoms with Gasteiger partial charge >= 0.3 is 0 Å². The Kier molecular flexibility index (Phi) is 7.11. The molecule has 1 saturated carbocycles. The third kappa shape index (κ3) is 5.80. The maximum absolute atomic E-state index is 13.4. The van der Waals surface area contributed by atoms with Gasteiger partial charge < -0.3 is 10.1 Å². The molecule has 0 radical (unpaired) electrons. The molecule has 1 aromatic heterocycles. The molecular weight excluding hydrogens is 448 g/mol. The highest BCUT2D eigenvalue weighted by Gasteiger charge is 2.23. The van der Waals surface area contributed by atoms with E-state index < -0.39 is 6.43 Å². The molecule has 0 spiro atoms. The number of amidine groups is 1. The van der Waals surface area contributed by atoms with E-state index in [2.05, 4.69) is 33.0 Å². The van der Waals surface area contributed by atoms with Gasteiger partial charge in [-0.1, -0.05) is 29.7 Å². The summed E-state index contributed by atoms with van der Waals surface area (Å²) in [6.07, 6.45) is 0.980. The summed E-state index contributed by atoms with van der Waals surface area (Å²) >= 11 is 1.44. The summed E-state index contributed by atoms with van der Waals surface area (Å²) in [5.74, 6) is 7.07. The van der Waals surface area contributed by atoms with Gasteiger partial charge in [-0.3, -0.25) is 15.2 Å². The lowest BCUT2D eigenvalue weighted by Crippen LogP contribution is -2.30. The number of aromatic nitrogens is 1. The van der Waals surface area contributed by atoms with Crippen LogP contribution in [0.3, 0.4) is 0 Å². The molecule has 10 heteroatoms. The van der Waals surface area contributed by atoms with Crippen molar-refractivity contribution in [1.82, 2.24) is 21.2 Å². The molecule has 1 unspecified atom stereocenters. The maximum Gasteiger partial charge on any atom is 0.280 e. The smallest absolute Gasteiger partial charge is 0.280 e. The minimum Gasteiger partial charge on any atom is -0.494 e. The number of carbonyl (C=O) groups is 1. The first-order chi connectivity index (χ1) is 16.0. The maximum atomic E-state index is 13.4. The molecule has 2 fully saturated rings. The van der Waals surface area contributed by atoms with Crippen LogP contribution in [0.15, 0.2) is 35.5 Å². The van der Waals surface area contributed by atoms with Gasteiger partial charge in [0.1, 0.15) is 16.8 Å². The van der Waals surface area contributed by atoms with Gasteiger partial charge in [0.15, 0.2) is 5.17 Å². The van der Waals surface area contributed by atoms with Crippen molar-refractivity contribution in [1.29, 1.82) is 0 Å². The highest BCUT2D eigenvalue weighted by Crippen LogP contribution is 2.39. The molecule has 1 atom stereocenters. The number of nitrogens with one attached hydrogen (secondary N) is 3. The Morgan fingerprint density at radius 3 is 2.85 bits per heavy atom. The van der Waals surface area contributed by atoms with Crippen LogP contribution in [0.1, 0.15) is 30.5 Å². The number of amides is 1. The third-order valence-corrected chi connectivity index (χ3v) is 5.97. The van der Waals surface area contributed by atoms with E-state index in [1.165, 1.54) is 31.1 Å².